The summed E-state index contributed by atoms with van der Waals surface area (Å²) in [6, 6.07) is 4.19. The summed E-state index contributed by atoms with van der Waals surface area (Å²) >= 11 is 0. The minimum atomic E-state index is -4.46. The lowest BCUT2D eigenvalue weighted by molar-refractivity contribution is -0.137. The molecule has 1 N–H and O–H groups in total. The van der Waals surface area contributed by atoms with E-state index in [1.165, 1.54) is 12.1 Å². The SMILES string of the molecule is CCNC(CCCC(F)(F)F)c1cccc(C(F)(F)F)c1. The molecular formula is C14H17F6N. The van der Waals surface area contributed by atoms with E-state index in [4.69, 9.17) is 0 Å². The molecule has 1 aromatic carbocycles. The molecule has 0 saturated carbocycles. The van der Waals surface area contributed by atoms with Crippen LogP contribution in [0.5, 0.6) is 0 Å². The highest BCUT2D eigenvalue weighted by Gasteiger charge is 2.31. The molecule has 0 radical (unpaired) electrons. The molecule has 1 rings (SSSR count). The second-order valence-corrected chi connectivity index (χ2v) is 4.74. The van der Waals surface area contributed by atoms with E-state index in [1.807, 2.05) is 0 Å². The Morgan fingerprint density at radius 1 is 1.10 bits per heavy atom. The van der Waals surface area contributed by atoms with Gasteiger partial charge in [-0.3, -0.25) is 0 Å². The molecule has 120 valence electrons. The van der Waals surface area contributed by atoms with E-state index in [9.17, 15) is 26.3 Å². The first-order valence-corrected chi connectivity index (χ1v) is 6.61. The number of nitrogens with one attached hydrogen (secondary N) is 1. The van der Waals surface area contributed by atoms with E-state index in [-0.39, 0.29) is 12.8 Å². The predicted molar refractivity (Wildman–Crippen MR) is 67.8 cm³/mol. The lowest BCUT2D eigenvalue weighted by Crippen LogP contribution is -2.22. The zero-order chi connectivity index (χ0) is 16.1. The quantitative estimate of drug-likeness (QED) is 0.721. The van der Waals surface area contributed by atoms with Crippen LogP contribution >= 0.6 is 0 Å². The average Bonchev–Trinajstić information content (AvgIpc) is 2.35. The molecule has 0 amide bonds. The van der Waals surface area contributed by atoms with Gasteiger partial charge in [-0.2, -0.15) is 26.3 Å². The fourth-order valence-electron chi connectivity index (χ4n) is 2.07. The lowest BCUT2D eigenvalue weighted by atomic mass is 9.98. The van der Waals surface area contributed by atoms with Gasteiger partial charge in [-0.05, 0) is 37.1 Å². The lowest BCUT2D eigenvalue weighted by Gasteiger charge is -2.20. The molecule has 0 heterocycles. The van der Waals surface area contributed by atoms with Gasteiger partial charge in [0.05, 0.1) is 5.56 Å². The molecule has 0 fully saturated rings. The summed E-state index contributed by atoms with van der Waals surface area (Å²) in [5.74, 6) is 0. The van der Waals surface area contributed by atoms with Crippen molar-refractivity contribution in [2.24, 2.45) is 0 Å². The van der Waals surface area contributed by atoms with Crippen LogP contribution in [0.2, 0.25) is 0 Å². The van der Waals surface area contributed by atoms with E-state index >= 15 is 0 Å². The summed E-state index contributed by atoms with van der Waals surface area (Å²) in [5, 5.41) is 2.93. The highest BCUT2D eigenvalue weighted by Crippen LogP contribution is 2.32. The molecule has 1 aromatic rings. The first-order chi connectivity index (χ1) is 9.63. The summed E-state index contributed by atoms with van der Waals surface area (Å²) in [6.45, 7) is 2.22. The Kier molecular flexibility index (Phi) is 6.07. The summed E-state index contributed by atoms with van der Waals surface area (Å²) < 4.78 is 74.4. The van der Waals surface area contributed by atoms with E-state index in [0.29, 0.717) is 12.1 Å². The number of rotatable bonds is 6. The topological polar surface area (TPSA) is 12.0 Å². The highest BCUT2D eigenvalue weighted by molar-refractivity contribution is 5.28. The van der Waals surface area contributed by atoms with Crippen LogP contribution in [-0.4, -0.2) is 12.7 Å². The van der Waals surface area contributed by atoms with Crippen molar-refractivity contribution in [1.29, 1.82) is 0 Å². The Hall–Kier alpha value is -1.24. The molecule has 0 spiro atoms. The van der Waals surface area contributed by atoms with E-state index in [0.717, 1.165) is 12.1 Å². The molecule has 7 heteroatoms. The van der Waals surface area contributed by atoms with Gasteiger partial charge in [0.2, 0.25) is 0 Å². The Morgan fingerprint density at radius 3 is 2.29 bits per heavy atom. The van der Waals surface area contributed by atoms with Crippen LogP contribution in [0.15, 0.2) is 24.3 Å². The van der Waals surface area contributed by atoms with Crippen molar-refractivity contribution in [3.05, 3.63) is 35.4 Å². The second kappa shape index (κ2) is 7.15. The third kappa shape index (κ3) is 6.37. The van der Waals surface area contributed by atoms with Crippen molar-refractivity contribution in [2.75, 3.05) is 6.54 Å². The number of alkyl halides is 6. The maximum Gasteiger partial charge on any atom is 0.416 e. The van der Waals surface area contributed by atoms with Crippen molar-refractivity contribution >= 4 is 0 Å². The molecule has 0 saturated heterocycles. The van der Waals surface area contributed by atoms with Crippen molar-refractivity contribution in [2.45, 2.75) is 44.6 Å². The van der Waals surface area contributed by atoms with Crippen LogP contribution in [0.25, 0.3) is 0 Å². The molecule has 0 bridgehead atoms. The van der Waals surface area contributed by atoms with Gasteiger partial charge in [0, 0.05) is 12.5 Å². The zero-order valence-electron chi connectivity index (χ0n) is 11.5. The van der Waals surface area contributed by atoms with Crippen LogP contribution in [0, 0.1) is 0 Å². The van der Waals surface area contributed by atoms with Crippen LogP contribution in [0.1, 0.15) is 43.4 Å². The van der Waals surface area contributed by atoms with Gasteiger partial charge in [0.25, 0.3) is 0 Å². The van der Waals surface area contributed by atoms with E-state index in [2.05, 4.69) is 5.32 Å². The van der Waals surface area contributed by atoms with Gasteiger partial charge in [0.15, 0.2) is 0 Å². The zero-order valence-corrected chi connectivity index (χ0v) is 11.5. The van der Waals surface area contributed by atoms with Gasteiger partial charge in [-0.15, -0.1) is 0 Å². The summed E-state index contributed by atoms with van der Waals surface area (Å²) in [4.78, 5) is 0. The summed E-state index contributed by atoms with van der Waals surface area (Å²) in [7, 11) is 0. The molecule has 0 aliphatic carbocycles. The fourth-order valence-corrected chi connectivity index (χ4v) is 2.07. The predicted octanol–water partition coefficient (Wildman–Crippen LogP) is 5.09. The van der Waals surface area contributed by atoms with E-state index in [1.54, 1.807) is 6.92 Å². The monoisotopic (exact) mass is 313 g/mol. The largest absolute Gasteiger partial charge is 0.416 e. The van der Waals surface area contributed by atoms with Crippen molar-refractivity contribution < 1.29 is 26.3 Å². The molecule has 0 aromatic heterocycles. The van der Waals surface area contributed by atoms with Crippen LogP contribution in [-0.2, 0) is 6.18 Å². The Labute approximate surface area is 119 Å². The smallest absolute Gasteiger partial charge is 0.310 e. The minimum Gasteiger partial charge on any atom is -0.310 e. The number of halogens is 6. The number of hydrogen-bond acceptors (Lipinski definition) is 1. The third-order valence-electron chi connectivity index (χ3n) is 3.02. The maximum absolute atomic E-state index is 12.7. The first-order valence-electron chi connectivity index (χ1n) is 6.61. The first kappa shape index (κ1) is 17.8. The Balaban J connectivity index is 2.80. The Morgan fingerprint density at radius 2 is 1.76 bits per heavy atom. The molecular weight excluding hydrogens is 296 g/mol. The summed E-state index contributed by atoms with van der Waals surface area (Å²) in [6.07, 6.45) is -9.64. The van der Waals surface area contributed by atoms with Gasteiger partial charge in [-0.1, -0.05) is 19.1 Å². The normalized spacial score (nSPS) is 14.2. The second-order valence-electron chi connectivity index (χ2n) is 4.74. The van der Waals surface area contributed by atoms with Gasteiger partial charge < -0.3 is 5.32 Å². The average molecular weight is 313 g/mol. The fraction of sp³-hybridized carbons (Fsp3) is 0.571. The van der Waals surface area contributed by atoms with Crippen LogP contribution in [0.3, 0.4) is 0 Å². The molecule has 1 nitrogen and oxygen atoms in total. The van der Waals surface area contributed by atoms with E-state index < -0.39 is 30.4 Å². The maximum atomic E-state index is 12.7. The molecule has 1 atom stereocenters. The van der Waals surface area contributed by atoms with Crippen molar-refractivity contribution in [3.8, 4) is 0 Å². The van der Waals surface area contributed by atoms with Gasteiger partial charge in [-0.25, -0.2) is 0 Å². The van der Waals surface area contributed by atoms with Crippen LogP contribution < -0.4 is 5.32 Å². The third-order valence-corrected chi connectivity index (χ3v) is 3.02. The molecule has 1 unspecified atom stereocenters. The molecule has 21 heavy (non-hydrogen) atoms. The summed E-state index contributed by atoms with van der Waals surface area (Å²) in [5.41, 5.74) is -0.437. The number of hydrogen-bond donors (Lipinski definition) is 1. The van der Waals surface area contributed by atoms with Gasteiger partial charge >= 0.3 is 12.4 Å². The number of benzene rings is 1. The van der Waals surface area contributed by atoms with Crippen LogP contribution in [0.4, 0.5) is 26.3 Å². The van der Waals surface area contributed by atoms with Gasteiger partial charge in [0.1, 0.15) is 0 Å². The standard InChI is InChI=1S/C14H17F6N/c1-2-21-12(7-4-8-13(15,16)17)10-5-3-6-11(9-10)14(18,19)20/h3,5-6,9,12,21H,2,4,7-8H2,1H3. The van der Waals surface area contributed by atoms with Crippen molar-refractivity contribution in [1.82, 2.24) is 5.32 Å². The Bertz CT molecular complexity index is 438. The molecule has 0 aliphatic heterocycles. The molecule has 0 aliphatic rings. The van der Waals surface area contributed by atoms with Crippen molar-refractivity contribution in [3.63, 3.8) is 0 Å². The minimum absolute atomic E-state index is 0.128. The highest BCUT2D eigenvalue weighted by atomic mass is 19.4.